The number of hydrogen-bond donors (Lipinski definition) is 0. The maximum absolute atomic E-state index is 11.7. The predicted molar refractivity (Wildman–Crippen MR) is 65.9 cm³/mol. The van der Waals surface area contributed by atoms with Crippen LogP contribution >= 0.6 is 11.9 Å². The lowest BCUT2D eigenvalue weighted by Crippen LogP contribution is -2.06. The topological polar surface area (TPSA) is 44.1 Å². The molecule has 2 aromatic rings. The Kier molecular flexibility index (Phi) is 3.82. The van der Waals surface area contributed by atoms with Crippen LogP contribution in [0.5, 0.6) is 0 Å². The van der Waals surface area contributed by atoms with Gasteiger partial charge in [-0.1, -0.05) is 12.1 Å². The highest BCUT2D eigenvalue weighted by Crippen LogP contribution is 2.24. The number of imidazole rings is 1. The summed E-state index contributed by atoms with van der Waals surface area (Å²) in [6.45, 7) is 2.17. The highest BCUT2D eigenvalue weighted by Gasteiger charge is 2.12. The molecular weight excluding hydrogens is 236 g/mol. The average Bonchev–Trinajstić information content (AvgIpc) is 2.83. The van der Waals surface area contributed by atoms with E-state index in [1.807, 2.05) is 28.4 Å². The number of nitrogens with zero attached hydrogens (tertiary/aromatic N) is 2. The summed E-state index contributed by atoms with van der Waals surface area (Å²) in [5.41, 5.74) is 0.577. The van der Waals surface area contributed by atoms with E-state index in [1.54, 1.807) is 25.5 Å². The summed E-state index contributed by atoms with van der Waals surface area (Å²) in [5, 5.41) is 0. The maximum atomic E-state index is 11.7. The number of carbonyl (C=O) groups excluding carboxylic acids is 1. The van der Waals surface area contributed by atoms with Crippen molar-refractivity contribution in [3.05, 3.63) is 48.5 Å². The van der Waals surface area contributed by atoms with Crippen molar-refractivity contribution >= 4 is 17.9 Å². The fraction of sp³-hybridized carbons (Fsp3) is 0.167. The van der Waals surface area contributed by atoms with E-state index in [4.69, 9.17) is 4.74 Å². The largest absolute Gasteiger partial charge is 0.462 e. The highest BCUT2D eigenvalue weighted by molar-refractivity contribution is 7.97. The number of benzene rings is 1. The molecule has 0 bridgehead atoms. The molecule has 0 saturated carbocycles. The normalized spacial score (nSPS) is 10.2. The van der Waals surface area contributed by atoms with Crippen LogP contribution in [-0.4, -0.2) is 21.5 Å². The fourth-order valence-electron chi connectivity index (χ4n) is 1.34. The van der Waals surface area contributed by atoms with E-state index in [1.165, 1.54) is 11.9 Å². The van der Waals surface area contributed by atoms with Crippen LogP contribution in [0, 0.1) is 0 Å². The SMILES string of the molecule is CCOC(=O)c1ccccc1Sn1ccnc1. The Morgan fingerprint density at radius 1 is 1.47 bits per heavy atom. The second kappa shape index (κ2) is 5.54. The number of ether oxygens (including phenoxy) is 1. The third-order valence-corrected chi connectivity index (χ3v) is 3.05. The average molecular weight is 248 g/mol. The van der Waals surface area contributed by atoms with E-state index in [2.05, 4.69) is 4.98 Å². The van der Waals surface area contributed by atoms with Crippen molar-refractivity contribution in [2.75, 3.05) is 6.61 Å². The lowest BCUT2D eigenvalue weighted by molar-refractivity contribution is 0.0522. The van der Waals surface area contributed by atoms with Gasteiger partial charge in [-0.25, -0.2) is 9.78 Å². The van der Waals surface area contributed by atoms with Crippen LogP contribution in [0.3, 0.4) is 0 Å². The van der Waals surface area contributed by atoms with Gasteiger partial charge in [-0.15, -0.1) is 0 Å². The molecule has 0 aliphatic heterocycles. The summed E-state index contributed by atoms with van der Waals surface area (Å²) in [6.07, 6.45) is 5.21. The molecule has 0 saturated heterocycles. The minimum Gasteiger partial charge on any atom is -0.462 e. The van der Waals surface area contributed by atoms with Crippen LogP contribution in [0.2, 0.25) is 0 Å². The molecule has 1 aromatic heterocycles. The molecule has 5 heteroatoms. The van der Waals surface area contributed by atoms with E-state index in [9.17, 15) is 4.79 Å². The third kappa shape index (κ3) is 2.88. The Balaban J connectivity index is 2.24. The zero-order valence-corrected chi connectivity index (χ0v) is 10.2. The predicted octanol–water partition coefficient (Wildman–Crippen LogP) is 2.62. The molecule has 0 aliphatic carbocycles. The van der Waals surface area contributed by atoms with Crippen LogP contribution in [-0.2, 0) is 4.74 Å². The molecule has 1 aromatic carbocycles. The second-order valence-electron chi connectivity index (χ2n) is 3.23. The van der Waals surface area contributed by atoms with Crippen molar-refractivity contribution in [1.82, 2.24) is 8.96 Å². The van der Waals surface area contributed by atoms with Crippen LogP contribution in [0.4, 0.5) is 0 Å². The van der Waals surface area contributed by atoms with E-state index in [0.29, 0.717) is 12.2 Å². The smallest absolute Gasteiger partial charge is 0.339 e. The van der Waals surface area contributed by atoms with Crippen LogP contribution < -0.4 is 0 Å². The van der Waals surface area contributed by atoms with Gasteiger partial charge < -0.3 is 4.74 Å². The van der Waals surface area contributed by atoms with Crippen molar-refractivity contribution in [3.8, 4) is 0 Å². The van der Waals surface area contributed by atoms with E-state index in [0.717, 1.165) is 4.90 Å². The third-order valence-electron chi connectivity index (χ3n) is 2.07. The van der Waals surface area contributed by atoms with Crippen LogP contribution in [0.15, 0.2) is 47.9 Å². The number of aromatic nitrogens is 2. The first-order valence-corrected chi connectivity index (χ1v) is 6.01. The molecule has 0 radical (unpaired) electrons. The van der Waals surface area contributed by atoms with Gasteiger partial charge in [-0.3, -0.25) is 3.97 Å². The Bertz CT molecular complexity index is 497. The molecular formula is C12H12N2O2S. The van der Waals surface area contributed by atoms with Gasteiger partial charge in [0.2, 0.25) is 0 Å². The van der Waals surface area contributed by atoms with E-state index >= 15 is 0 Å². The summed E-state index contributed by atoms with van der Waals surface area (Å²) in [6, 6.07) is 7.36. The van der Waals surface area contributed by atoms with Gasteiger partial charge in [0.15, 0.2) is 0 Å². The molecule has 0 N–H and O–H groups in total. The van der Waals surface area contributed by atoms with Gasteiger partial charge in [0, 0.05) is 17.3 Å². The zero-order chi connectivity index (χ0) is 12.1. The van der Waals surface area contributed by atoms with Crippen molar-refractivity contribution < 1.29 is 9.53 Å². The minimum absolute atomic E-state index is 0.296. The van der Waals surface area contributed by atoms with Crippen molar-refractivity contribution in [2.24, 2.45) is 0 Å². The monoisotopic (exact) mass is 248 g/mol. The molecule has 0 unspecified atom stereocenters. The molecule has 4 nitrogen and oxygen atoms in total. The van der Waals surface area contributed by atoms with Crippen molar-refractivity contribution in [3.63, 3.8) is 0 Å². The molecule has 88 valence electrons. The van der Waals surface area contributed by atoms with E-state index in [-0.39, 0.29) is 5.97 Å². The summed E-state index contributed by atoms with van der Waals surface area (Å²) >= 11 is 1.43. The van der Waals surface area contributed by atoms with Gasteiger partial charge in [0.05, 0.1) is 12.2 Å². The Hall–Kier alpha value is -1.75. The highest BCUT2D eigenvalue weighted by atomic mass is 32.2. The summed E-state index contributed by atoms with van der Waals surface area (Å²) in [5.74, 6) is -0.296. The number of esters is 1. The maximum Gasteiger partial charge on any atom is 0.339 e. The molecule has 0 aliphatic rings. The zero-order valence-electron chi connectivity index (χ0n) is 9.37. The number of rotatable bonds is 4. The lowest BCUT2D eigenvalue weighted by Gasteiger charge is -2.07. The Labute approximate surface area is 104 Å². The minimum atomic E-state index is -0.296. The molecule has 17 heavy (non-hydrogen) atoms. The standard InChI is InChI=1S/C12H12N2O2S/c1-2-16-12(15)10-5-3-4-6-11(10)17-14-8-7-13-9-14/h3-9H,2H2,1H3. The van der Waals surface area contributed by atoms with Crippen molar-refractivity contribution in [1.29, 1.82) is 0 Å². The number of carbonyl (C=O) groups is 1. The molecule has 0 fully saturated rings. The van der Waals surface area contributed by atoms with E-state index < -0.39 is 0 Å². The number of hydrogen-bond acceptors (Lipinski definition) is 4. The fourth-order valence-corrected chi connectivity index (χ4v) is 2.17. The molecule has 1 heterocycles. The van der Waals surface area contributed by atoms with Crippen LogP contribution in [0.1, 0.15) is 17.3 Å². The Morgan fingerprint density at radius 2 is 2.29 bits per heavy atom. The molecule has 2 rings (SSSR count). The van der Waals surface area contributed by atoms with Gasteiger partial charge in [0.25, 0.3) is 0 Å². The summed E-state index contributed by atoms with van der Waals surface area (Å²) in [4.78, 5) is 16.5. The first-order chi connectivity index (χ1) is 8.31. The van der Waals surface area contributed by atoms with Crippen molar-refractivity contribution in [2.45, 2.75) is 11.8 Å². The first-order valence-electron chi connectivity index (χ1n) is 5.23. The Morgan fingerprint density at radius 3 is 3.00 bits per heavy atom. The summed E-state index contributed by atoms with van der Waals surface area (Å²) in [7, 11) is 0. The van der Waals surface area contributed by atoms with Gasteiger partial charge in [0.1, 0.15) is 6.33 Å². The molecule has 0 spiro atoms. The quantitative estimate of drug-likeness (QED) is 0.780. The van der Waals surface area contributed by atoms with Crippen LogP contribution in [0.25, 0.3) is 0 Å². The van der Waals surface area contributed by atoms with Gasteiger partial charge in [-0.05, 0) is 31.0 Å². The molecule has 0 amide bonds. The van der Waals surface area contributed by atoms with Gasteiger partial charge >= 0.3 is 5.97 Å². The molecule has 0 atom stereocenters. The second-order valence-corrected chi connectivity index (χ2v) is 4.27. The van der Waals surface area contributed by atoms with Gasteiger partial charge in [-0.2, -0.15) is 0 Å². The first kappa shape index (κ1) is 11.7. The lowest BCUT2D eigenvalue weighted by atomic mass is 10.2. The summed E-state index contributed by atoms with van der Waals surface area (Å²) < 4.78 is 6.84.